The van der Waals surface area contributed by atoms with E-state index in [2.05, 4.69) is 27.7 Å². The molecule has 63 heavy (non-hydrogen) atoms. The van der Waals surface area contributed by atoms with E-state index >= 15 is 0 Å². The summed E-state index contributed by atoms with van der Waals surface area (Å²) in [5.74, 6) is 0. The molecular formula is C62H128Si. The summed E-state index contributed by atoms with van der Waals surface area (Å²) < 4.78 is 0. The molecule has 0 fully saturated rings. The van der Waals surface area contributed by atoms with Gasteiger partial charge in [-0.05, 0) is 5.54 Å². The first-order chi connectivity index (χ1) is 31.3. The summed E-state index contributed by atoms with van der Waals surface area (Å²) >= 11 is 0. The quantitative estimate of drug-likeness (QED) is 0.0421. The molecule has 1 heteroatoms. The van der Waals surface area contributed by atoms with Crippen molar-refractivity contribution in [1.29, 1.82) is 0 Å². The summed E-state index contributed by atoms with van der Waals surface area (Å²) in [7, 11) is -0.692. The van der Waals surface area contributed by atoms with Crippen LogP contribution in [0.2, 0.25) is 17.6 Å². The summed E-state index contributed by atoms with van der Waals surface area (Å²) in [6.07, 6.45) is 82.4. The second-order valence-corrected chi connectivity index (χ2v) is 25.6. The lowest BCUT2D eigenvalue weighted by atomic mass is 10.0. The molecule has 0 aromatic rings. The average Bonchev–Trinajstić information content (AvgIpc) is 3.29. The number of unbranched alkanes of at least 4 members (excludes halogenated alkanes) is 49. The van der Waals surface area contributed by atoms with E-state index in [9.17, 15) is 0 Å². The smallest absolute Gasteiger partial charge is 0.0399 e. The summed E-state index contributed by atoms with van der Waals surface area (Å²) in [6.45, 7) is 9.37. The molecule has 0 rings (SSSR count). The third-order valence-electron chi connectivity index (χ3n) is 15.6. The molecule has 0 bridgehead atoms. The van der Waals surface area contributed by atoms with Gasteiger partial charge in [0, 0.05) is 8.80 Å². The van der Waals surface area contributed by atoms with Crippen LogP contribution in [0.5, 0.6) is 0 Å². The lowest BCUT2D eigenvalue weighted by molar-refractivity contribution is 0.511. The SMILES string of the molecule is CCCCCCCCCCCCCCCCCC[SiH](CCCCCCCCCCCCCCCCCC)C(CCCCCCCC)CCCCCCCCCCCCCCCCC. The van der Waals surface area contributed by atoms with Gasteiger partial charge >= 0.3 is 0 Å². The third kappa shape index (κ3) is 53.0. The van der Waals surface area contributed by atoms with Crippen molar-refractivity contribution in [2.75, 3.05) is 0 Å². The zero-order chi connectivity index (χ0) is 45.5. The first-order valence-electron chi connectivity index (χ1n) is 31.3. The standard InChI is InChI=1S/C62H128Si/c1-5-9-13-17-21-24-27-30-33-36-39-42-45-48-52-56-60-63(61-57-53-49-46-43-40-37-34-31-28-25-22-18-14-10-6-2)62(58-54-50-20-16-12-8-4)59-55-51-47-44-41-38-35-32-29-26-23-19-15-11-7-3/h62-63H,5-61H2,1-4H3. The predicted molar refractivity (Wildman–Crippen MR) is 297 cm³/mol. The Morgan fingerprint density at radius 1 is 0.175 bits per heavy atom. The fourth-order valence-corrected chi connectivity index (χ4v) is 15.4. The van der Waals surface area contributed by atoms with Gasteiger partial charge in [-0.3, -0.25) is 0 Å². The lowest BCUT2D eigenvalue weighted by Crippen LogP contribution is -2.21. The van der Waals surface area contributed by atoms with Crippen molar-refractivity contribution in [3.05, 3.63) is 0 Å². The molecule has 0 nitrogen and oxygen atoms in total. The fraction of sp³-hybridized carbons (Fsp3) is 1.00. The molecule has 0 aromatic heterocycles. The number of rotatable bonds is 58. The van der Waals surface area contributed by atoms with Gasteiger partial charge in [0.05, 0.1) is 0 Å². The second-order valence-electron chi connectivity index (χ2n) is 22.0. The highest BCUT2D eigenvalue weighted by Gasteiger charge is 2.22. The molecule has 380 valence electrons. The Hall–Kier alpha value is 0.217. The Bertz CT molecular complexity index is 725. The van der Waals surface area contributed by atoms with Crippen molar-refractivity contribution >= 4 is 8.80 Å². The van der Waals surface area contributed by atoms with Crippen molar-refractivity contribution in [2.24, 2.45) is 0 Å². The van der Waals surface area contributed by atoms with E-state index in [1.165, 1.54) is 302 Å². The van der Waals surface area contributed by atoms with Gasteiger partial charge in [0.1, 0.15) is 0 Å². The zero-order valence-electron chi connectivity index (χ0n) is 45.5. The van der Waals surface area contributed by atoms with Crippen LogP contribution >= 0.6 is 0 Å². The van der Waals surface area contributed by atoms with Crippen LogP contribution in [0, 0.1) is 0 Å². The monoisotopic (exact) mass is 901 g/mol. The fourth-order valence-electron chi connectivity index (χ4n) is 11.1. The Kier molecular flexibility index (Phi) is 58.5. The van der Waals surface area contributed by atoms with E-state index in [0.717, 1.165) is 5.54 Å². The molecule has 0 amide bonds. The minimum Gasteiger partial charge on any atom is -0.0654 e. The lowest BCUT2D eigenvalue weighted by Gasteiger charge is -2.27. The van der Waals surface area contributed by atoms with Crippen LogP contribution in [0.3, 0.4) is 0 Å². The van der Waals surface area contributed by atoms with Crippen molar-refractivity contribution in [2.45, 2.75) is 398 Å². The largest absolute Gasteiger partial charge is 0.0654 e. The van der Waals surface area contributed by atoms with E-state index in [1.54, 1.807) is 63.5 Å². The van der Waals surface area contributed by atoms with Gasteiger partial charge in [-0.25, -0.2) is 0 Å². The molecule has 0 spiro atoms. The van der Waals surface area contributed by atoms with Crippen molar-refractivity contribution in [1.82, 2.24) is 0 Å². The van der Waals surface area contributed by atoms with E-state index in [4.69, 9.17) is 0 Å². The van der Waals surface area contributed by atoms with Crippen molar-refractivity contribution < 1.29 is 0 Å². The topological polar surface area (TPSA) is 0 Å². The highest BCUT2D eigenvalue weighted by molar-refractivity contribution is 6.60. The van der Waals surface area contributed by atoms with Crippen LogP contribution in [0.4, 0.5) is 0 Å². The molecule has 0 radical (unpaired) electrons. The minimum atomic E-state index is -0.692. The van der Waals surface area contributed by atoms with Gasteiger partial charge in [0.2, 0.25) is 0 Å². The summed E-state index contributed by atoms with van der Waals surface area (Å²) in [5.41, 5.74) is 1.16. The minimum absolute atomic E-state index is 0.692. The number of hydrogen-bond donors (Lipinski definition) is 0. The Morgan fingerprint density at radius 3 is 0.492 bits per heavy atom. The summed E-state index contributed by atoms with van der Waals surface area (Å²) in [5, 5.41) is 0. The van der Waals surface area contributed by atoms with Gasteiger partial charge in [-0.15, -0.1) is 0 Å². The van der Waals surface area contributed by atoms with Gasteiger partial charge < -0.3 is 0 Å². The summed E-state index contributed by atoms with van der Waals surface area (Å²) in [4.78, 5) is 0. The van der Waals surface area contributed by atoms with Crippen LogP contribution in [0.1, 0.15) is 381 Å². The molecule has 0 aliphatic carbocycles. The highest BCUT2D eigenvalue weighted by atomic mass is 28.3. The first-order valence-corrected chi connectivity index (χ1v) is 33.6. The van der Waals surface area contributed by atoms with Crippen LogP contribution in [-0.2, 0) is 0 Å². The Balaban J connectivity index is 4.66. The molecule has 0 aromatic carbocycles. The molecular weight excluding hydrogens is 773 g/mol. The Labute approximate surface area is 405 Å². The van der Waals surface area contributed by atoms with Gasteiger partial charge in [0.25, 0.3) is 0 Å². The van der Waals surface area contributed by atoms with Gasteiger partial charge in [0.15, 0.2) is 0 Å². The van der Waals surface area contributed by atoms with Crippen LogP contribution in [0.25, 0.3) is 0 Å². The molecule has 0 saturated carbocycles. The van der Waals surface area contributed by atoms with Crippen molar-refractivity contribution in [3.63, 3.8) is 0 Å². The van der Waals surface area contributed by atoms with E-state index in [1.807, 2.05) is 0 Å². The Morgan fingerprint density at radius 2 is 0.317 bits per heavy atom. The molecule has 0 N–H and O–H groups in total. The van der Waals surface area contributed by atoms with E-state index < -0.39 is 8.80 Å². The van der Waals surface area contributed by atoms with E-state index in [-0.39, 0.29) is 0 Å². The number of hydrogen-bond acceptors (Lipinski definition) is 0. The molecule has 0 heterocycles. The predicted octanol–water partition coefficient (Wildman–Crippen LogP) is 24.1. The highest BCUT2D eigenvalue weighted by Crippen LogP contribution is 2.33. The molecule has 1 unspecified atom stereocenters. The molecule has 0 saturated heterocycles. The normalized spacial score (nSPS) is 12.3. The van der Waals surface area contributed by atoms with Crippen molar-refractivity contribution in [3.8, 4) is 0 Å². The van der Waals surface area contributed by atoms with Crippen LogP contribution in [0.15, 0.2) is 0 Å². The maximum atomic E-state index is 2.38. The average molecular weight is 902 g/mol. The first kappa shape index (κ1) is 63.2. The van der Waals surface area contributed by atoms with Crippen LogP contribution < -0.4 is 0 Å². The van der Waals surface area contributed by atoms with Crippen LogP contribution in [-0.4, -0.2) is 8.80 Å². The van der Waals surface area contributed by atoms with Gasteiger partial charge in [-0.1, -0.05) is 393 Å². The zero-order valence-corrected chi connectivity index (χ0v) is 46.6. The second kappa shape index (κ2) is 58.3. The third-order valence-corrected chi connectivity index (χ3v) is 19.9. The maximum absolute atomic E-state index is 2.38. The molecule has 1 atom stereocenters. The maximum Gasteiger partial charge on any atom is 0.0399 e. The van der Waals surface area contributed by atoms with Gasteiger partial charge in [-0.2, -0.15) is 0 Å². The molecule has 0 aliphatic rings. The molecule has 0 aliphatic heterocycles. The summed E-state index contributed by atoms with van der Waals surface area (Å²) in [6, 6.07) is 3.38. The van der Waals surface area contributed by atoms with E-state index in [0.29, 0.717) is 0 Å².